The zero-order valence-electron chi connectivity index (χ0n) is 10.1. The van der Waals surface area contributed by atoms with Gasteiger partial charge in [-0.05, 0) is 13.8 Å². The summed E-state index contributed by atoms with van der Waals surface area (Å²) in [6, 6.07) is 0.655. The van der Waals surface area contributed by atoms with E-state index in [0.29, 0.717) is 6.04 Å². The molecule has 0 atom stereocenters. The number of hydrogen-bond acceptors (Lipinski definition) is 3. The number of nitrogens with one attached hydrogen (secondary N) is 1. The number of hydrogen-bond donors (Lipinski definition) is 1. The number of piperazine rings is 1. The lowest BCUT2D eigenvalue weighted by atomic mass is 10.2. The molecular formula is C11H23N3O. The standard InChI is InChI=1S/C11H23N3O/c1-10(2)14-8-6-13(7-9-14)5-4-12-11(3)15/h10H,4-9H2,1-3H3,(H,12,15). The third-order valence-electron chi connectivity index (χ3n) is 2.94. The quantitative estimate of drug-likeness (QED) is 0.722. The van der Waals surface area contributed by atoms with Crippen LogP contribution in [0.2, 0.25) is 0 Å². The van der Waals surface area contributed by atoms with Gasteiger partial charge in [0, 0.05) is 52.2 Å². The van der Waals surface area contributed by atoms with Crippen LogP contribution in [-0.2, 0) is 4.79 Å². The van der Waals surface area contributed by atoms with E-state index in [1.54, 1.807) is 6.92 Å². The van der Waals surface area contributed by atoms with Crippen LogP contribution in [0.3, 0.4) is 0 Å². The molecule has 0 aromatic rings. The Morgan fingerprint density at radius 3 is 2.33 bits per heavy atom. The highest BCUT2D eigenvalue weighted by Gasteiger charge is 2.17. The lowest BCUT2D eigenvalue weighted by Gasteiger charge is -2.36. The van der Waals surface area contributed by atoms with Crippen molar-refractivity contribution in [2.45, 2.75) is 26.8 Å². The lowest BCUT2D eigenvalue weighted by molar-refractivity contribution is -0.119. The largest absolute Gasteiger partial charge is 0.355 e. The summed E-state index contributed by atoms with van der Waals surface area (Å²) in [5.41, 5.74) is 0. The smallest absolute Gasteiger partial charge is 0.216 e. The zero-order valence-corrected chi connectivity index (χ0v) is 10.1. The van der Waals surface area contributed by atoms with Crippen molar-refractivity contribution in [1.82, 2.24) is 15.1 Å². The molecule has 1 aliphatic heterocycles. The monoisotopic (exact) mass is 213 g/mol. The van der Waals surface area contributed by atoms with Crippen LogP contribution in [0.25, 0.3) is 0 Å². The van der Waals surface area contributed by atoms with Crippen molar-refractivity contribution in [1.29, 1.82) is 0 Å². The molecule has 88 valence electrons. The van der Waals surface area contributed by atoms with E-state index < -0.39 is 0 Å². The van der Waals surface area contributed by atoms with Crippen molar-refractivity contribution in [2.24, 2.45) is 0 Å². The third-order valence-corrected chi connectivity index (χ3v) is 2.94. The van der Waals surface area contributed by atoms with Gasteiger partial charge in [-0.3, -0.25) is 14.6 Å². The van der Waals surface area contributed by atoms with Crippen molar-refractivity contribution in [2.75, 3.05) is 39.3 Å². The van der Waals surface area contributed by atoms with Crippen molar-refractivity contribution in [3.8, 4) is 0 Å². The Balaban J connectivity index is 2.12. The number of rotatable bonds is 4. The van der Waals surface area contributed by atoms with Gasteiger partial charge in [-0.2, -0.15) is 0 Å². The second kappa shape index (κ2) is 6.08. The summed E-state index contributed by atoms with van der Waals surface area (Å²) in [6.07, 6.45) is 0. The van der Waals surface area contributed by atoms with Crippen LogP contribution < -0.4 is 5.32 Å². The number of carbonyl (C=O) groups excluding carboxylic acids is 1. The molecule has 0 aliphatic carbocycles. The van der Waals surface area contributed by atoms with Crippen molar-refractivity contribution < 1.29 is 4.79 Å². The maximum atomic E-state index is 10.7. The van der Waals surface area contributed by atoms with Crippen LogP contribution >= 0.6 is 0 Å². The number of nitrogens with zero attached hydrogens (tertiary/aromatic N) is 2. The first kappa shape index (κ1) is 12.5. The Hall–Kier alpha value is -0.610. The molecule has 0 spiro atoms. The molecule has 1 N–H and O–H groups in total. The Morgan fingerprint density at radius 2 is 1.87 bits per heavy atom. The van der Waals surface area contributed by atoms with E-state index in [-0.39, 0.29) is 5.91 Å². The van der Waals surface area contributed by atoms with Crippen LogP contribution in [-0.4, -0.2) is 61.0 Å². The van der Waals surface area contributed by atoms with E-state index in [2.05, 4.69) is 29.0 Å². The third kappa shape index (κ3) is 4.62. The van der Waals surface area contributed by atoms with E-state index in [1.165, 1.54) is 0 Å². The predicted molar refractivity (Wildman–Crippen MR) is 61.8 cm³/mol. The van der Waals surface area contributed by atoms with Gasteiger partial charge in [-0.25, -0.2) is 0 Å². The van der Waals surface area contributed by atoms with Gasteiger partial charge in [0.25, 0.3) is 0 Å². The molecule has 0 aromatic heterocycles. The molecule has 0 radical (unpaired) electrons. The highest BCUT2D eigenvalue weighted by Crippen LogP contribution is 2.04. The summed E-state index contributed by atoms with van der Waals surface area (Å²) in [4.78, 5) is 15.6. The van der Waals surface area contributed by atoms with E-state index in [9.17, 15) is 4.79 Å². The summed E-state index contributed by atoms with van der Waals surface area (Å²) in [5, 5.41) is 2.83. The molecule has 0 unspecified atom stereocenters. The fraction of sp³-hybridized carbons (Fsp3) is 0.909. The average Bonchev–Trinajstić information content (AvgIpc) is 2.18. The first-order valence-corrected chi connectivity index (χ1v) is 5.80. The maximum Gasteiger partial charge on any atom is 0.216 e. The van der Waals surface area contributed by atoms with Crippen molar-refractivity contribution in [3.05, 3.63) is 0 Å². The molecule has 4 heteroatoms. The van der Waals surface area contributed by atoms with E-state index >= 15 is 0 Å². The first-order valence-electron chi connectivity index (χ1n) is 5.80. The normalized spacial score (nSPS) is 19.5. The van der Waals surface area contributed by atoms with Gasteiger partial charge < -0.3 is 5.32 Å². The Morgan fingerprint density at radius 1 is 1.27 bits per heavy atom. The van der Waals surface area contributed by atoms with Crippen molar-refractivity contribution >= 4 is 5.91 Å². The molecule has 1 saturated heterocycles. The highest BCUT2D eigenvalue weighted by molar-refractivity contribution is 5.72. The average molecular weight is 213 g/mol. The zero-order chi connectivity index (χ0) is 11.3. The highest BCUT2D eigenvalue weighted by atomic mass is 16.1. The minimum atomic E-state index is 0.0656. The number of amides is 1. The maximum absolute atomic E-state index is 10.7. The molecule has 15 heavy (non-hydrogen) atoms. The molecule has 1 aliphatic rings. The summed E-state index contributed by atoms with van der Waals surface area (Å²) < 4.78 is 0. The summed E-state index contributed by atoms with van der Waals surface area (Å²) >= 11 is 0. The minimum Gasteiger partial charge on any atom is -0.355 e. The van der Waals surface area contributed by atoms with E-state index in [4.69, 9.17) is 0 Å². The Kier molecular flexibility index (Phi) is 5.05. The van der Waals surface area contributed by atoms with E-state index in [0.717, 1.165) is 39.3 Å². The Labute approximate surface area is 92.6 Å². The van der Waals surface area contributed by atoms with Gasteiger partial charge in [-0.1, -0.05) is 0 Å². The topological polar surface area (TPSA) is 35.6 Å². The van der Waals surface area contributed by atoms with Gasteiger partial charge in [0.2, 0.25) is 5.91 Å². The minimum absolute atomic E-state index is 0.0656. The molecule has 0 saturated carbocycles. The van der Waals surface area contributed by atoms with Crippen molar-refractivity contribution in [3.63, 3.8) is 0 Å². The van der Waals surface area contributed by atoms with Gasteiger partial charge in [0.15, 0.2) is 0 Å². The SMILES string of the molecule is CC(=O)NCCN1CCN(C(C)C)CC1. The Bertz CT molecular complexity index is 198. The molecule has 1 fully saturated rings. The molecule has 0 bridgehead atoms. The molecule has 1 amide bonds. The fourth-order valence-electron chi connectivity index (χ4n) is 1.89. The first-order chi connectivity index (χ1) is 7.09. The summed E-state index contributed by atoms with van der Waals surface area (Å²) in [5.74, 6) is 0.0656. The fourth-order valence-corrected chi connectivity index (χ4v) is 1.89. The van der Waals surface area contributed by atoms with Gasteiger partial charge in [0.05, 0.1) is 0 Å². The predicted octanol–water partition coefficient (Wildman–Crippen LogP) is 0.149. The van der Waals surface area contributed by atoms with Crippen LogP contribution in [0.15, 0.2) is 0 Å². The molecule has 0 aromatic carbocycles. The van der Waals surface area contributed by atoms with E-state index in [1.807, 2.05) is 0 Å². The van der Waals surface area contributed by atoms with Gasteiger partial charge >= 0.3 is 0 Å². The molecule has 1 heterocycles. The molecule has 1 rings (SSSR count). The van der Waals surface area contributed by atoms with Crippen LogP contribution in [0.5, 0.6) is 0 Å². The summed E-state index contributed by atoms with van der Waals surface area (Å²) in [7, 11) is 0. The second-order valence-corrected chi connectivity index (χ2v) is 4.45. The van der Waals surface area contributed by atoms with Gasteiger partial charge in [-0.15, -0.1) is 0 Å². The second-order valence-electron chi connectivity index (χ2n) is 4.45. The summed E-state index contributed by atoms with van der Waals surface area (Å²) in [6.45, 7) is 12.4. The van der Waals surface area contributed by atoms with Gasteiger partial charge in [0.1, 0.15) is 0 Å². The van der Waals surface area contributed by atoms with Crippen LogP contribution in [0.1, 0.15) is 20.8 Å². The number of carbonyl (C=O) groups is 1. The van der Waals surface area contributed by atoms with Crippen LogP contribution in [0.4, 0.5) is 0 Å². The lowest BCUT2D eigenvalue weighted by Crippen LogP contribution is -2.50. The molecular weight excluding hydrogens is 190 g/mol. The van der Waals surface area contributed by atoms with Crippen LogP contribution in [0, 0.1) is 0 Å². The molecule has 4 nitrogen and oxygen atoms in total.